The van der Waals surface area contributed by atoms with Gasteiger partial charge in [0.2, 0.25) is 0 Å². The first-order chi connectivity index (χ1) is 8.35. The Labute approximate surface area is 102 Å². The van der Waals surface area contributed by atoms with Crippen molar-refractivity contribution in [3.63, 3.8) is 0 Å². The molecule has 0 unspecified atom stereocenters. The zero-order valence-electron chi connectivity index (χ0n) is 9.64. The standard InChI is InChI=1S/C10H13F3N4O/c1-15-8-7(14)6(2-4-16-8)9(18)17-5-3-10(11,12)13/h2,4H,3,5,14H2,1H3,(H,15,16)(H,17,18). The number of pyridine rings is 1. The van der Waals surface area contributed by atoms with E-state index in [0.29, 0.717) is 5.82 Å². The Hall–Kier alpha value is -1.99. The number of halogens is 3. The second-order valence-electron chi connectivity index (χ2n) is 3.49. The lowest BCUT2D eigenvalue weighted by Crippen LogP contribution is -2.28. The summed E-state index contributed by atoms with van der Waals surface area (Å²) in [6, 6.07) is 1.35. The fourth-order valence-corrected chi connectivity index (χ4v) is 1.28. The summed E-state index contributed by atoms with van der Waals surface area (Å²) in [7, 11) is 1.57. The highest BCUT2D eigenvalue weighted by atomic mass is 19.4. The average molecular weight is 262 g/mol. The van der Waals surface area contributed by atoms with Crippen LogP contribution in [0.4, 0.5) is 24.7 Å². The third-order valence-corrected chi connectivity index (χ3v) is 2.17. The van der Waals surface area contributed by atoms with Gasteiger partial charge in [0.15, 0.2) is 0 Å². The van der Waals surface area contributed by atoms with E-state index in [4.69, 9.17) is 5.73 Å². The molecule has 18 heavy (non-hydrogen) atoms. The first-order valence-electron chi connectivity index (χ1n) is 5.12. The molecule has 0 fully saturated rings. The van der Waals surface area contributed by atoms with Crippen LogP contribution in [0.2, 0.25) is 0 Å². The van der Waals surface area contributed by atoms with Gasteiger partial charge in [0.25, 0.3) is 5.91 Å². The highest BCUT2D eigenvalue weighted by molar-refractivity contribution is 6.01. The zero-order chi connectivity index (χ0) is 13.8. The third kappa shape index (κ3) is 3.79. The molecule has 8 heteroatoms. The second-order valence-corrected chi connectivity index (χ2v) is 3.49. The van der Waals surface area contributed by atoms with Crippen molar-refractivity contribution in [2.45, 2.75) is 12.6 Å². The van der Waals surface area contributed by atoms with Crippen molar-refractivity contribution in [1.29, 1.82) is 0 Å². The molecule has 0 saturated carbocycles. The normalized spacial score (nSPS) is 11.1. The van der Waals surface area contributed by atoms with E-state index in [1.165, 1.54) is 12.3 Å². The molecule has 0 aliphatic heterocycles. The molecule has 1 amide bonds. The van der Waals surface area contributed by atoms with Crippen molar-refractivity contribution >= 4 is 17.4 Å². The number of carbonyl (C=O) groups is 1. The Morgan fingerprint density at radius 2 is 2.17 bits per heavy atom. The number of nitrogens with zero attached hydrogens (tertiary/aromatic N) is 1. The summed E-state index contributed by atoms with van der Waals surface area (Å²) in [6.07, 6.45) is -4.03. The number of nitrogens with two attached hydrogens (primary N) is 1. The monoisotopic (exact) mass is 262 g/mol. The maximum atomic E-state index is 11.9. The molecule has 1 heterocycles. The van der Waals surface area contributed by atoms with Gasteiger partial charge in [0.1, 0.15) is 5.82 Å². The molecule has 0 aliphatic rings. The van der Waals surface area contributed by atoms with Crippen LogP contribution >= 0.6 is 0 Å². The fourth-order valence-electron chi connectivity index (χ4n) is 1.28. The summed E-state index contributed by atoms with van der Waals surface area (Å²) in [4.78, 5) is 15.5. The largest absolute Gasteiger partial charge is 0.395 e. The van der Waals surface area contributed by atoms with Gasteiger partial charge in [0, 0.05) is 19.8 Å². The predicted molar refractivity (Wildman–Crippen MR) is 61.2 cm³/mol. The van der Waals surface area contributed by atoms with Crippen molar-refractivity contribution in [2.75, 3.05) is 24.6 Å². The molecule has 0 aliphatic carbocycles. The van der Waals surface area contributed by atoms with E-state index in [1.807, 2.05) is 0 Å². The molecule has 0 radical (unpaired) electrons. The molecule has 1 aromatic heterocycles. The van der Waals surface area contributed by atoms with Gasteiger partial charge in [-0.1, -0.05) is 0 Å². The number of anilines is 2. The number of aromatic nitrogens is 1. The number of nitrogens with one attached hydrogen (secondary N) is 2. The molecule has 0 bridgehead atoms. The zero-order valence-corrected chi connectivity index (χ0v) is 9.64. The summed E-state index contributed by atoms with van der Waals surface area (Å²) in [6.45, 7) is -0.487. The van der Waals surface area contributed by atoms with E-state index >= 15 is 0 Å². The van der Waals surface area contributed by atoms with Gasteiger partial charge in [-0.3, -0.25) is 4.79 Å². The summed E-state index contributed by atoms with van der Waals surface area (Å²) in [5, 5.41) is 4.83. The van der Waals surface area contributed by atoms with Crippen LogP contribution in [0.25, 0.3) is 0 Å². The van der Waals surface area contributed by atoms with E-state index in [1.54, 1.807) is 7.05 Å². The number of alkyl halides is 3. The Morgan fingerprint density at radius 1 is 1.50 bits per heavy atom. The Kier molecular flexibility index (Phi) is 4.35. The van der Waals surface area contributed by atoms with Crippen LogP contribution in [0.3, 0.4) is 0 Å². The summed E-state index contributed by atoms with van der Waals surface area (Å²) >= 11 is 0. The highest BCUT2D eigenvalue weighted by Crippen LogP contribution is 2.20. The quantitative estimate of drug-likeness (QED) is 0.766. The Balaban J connectivity index is 2.68. The number of amides is 1. The molecular weight excluding hydrogens is 249 g/mol. The maximum absolute atomic E-state index is 11.9. The fraction of sp³-hybridized carbons (Fsp3) is 0.400. The molecule has 100 valence electrons. The van der Waals surface area contributed by atoms with Crippen LogP contribution in [0.5, 0.6) is 0 Å². The minimum absolute atomic E-state index is 0.0940. The van der Waals surface area contributed by atoms with Gasteiger partial charge < -0.3 is 16.4 Å². The lowest BCUT2D eigenvalue weighted by Gasteiger charge is -2.11. The van der Waals surface area contributed by atoms with Gasteiger partial charge in [-0.2, -0.15) is 13.2 Å². The van der Waals surface area contributed by atoms with Crippen LogP contribution in [0.1, 0.15) is 16.8 Å². The van der Waals surface area contributed by atoms with E-state index in [2.05, 4.69) is 15.6 Å². The van der Waals surface area contributed by atoms with Gasteiger partial charge in [-0.05, 0) is 6.07 Å². The number of rotatable bonds is 4. The van der Waals surface area contributed by atoms with Gasteiger partial charge in [-0.15, -0.1) is 0 Å². The van der Waals surface area contributed by atoms with E-state index in [-0.39, 0.29) is 11.3 Å². The Bertz CT molecular complexity index is 434. The van der Waals surface area contributed by atoms with Crippen molar-refractivity contribution < 1.29 is 18.0 Å². The molecule has 0 saturated heterocycles. The lowest BCUT2D eigenvalue weighted by molar-refractivity contribution is -0.132. The lowest BCUT2D eigenvalue weighted by atomic mass is 10.2. The Morgan fingerprint density at radius 3 is 2.72 bits per heavy atom. The van der Waals surface area contributed by atoms with Crippen LogP contribution in [0.15, 0.2) is 12.3 Å². The number of carbonyl (C=O) groups excluding carboxylic acids is 1. The van der Waals surface area contributed by atoms with Crippen LogP contribution in [0, 0.1) is 0 Å². The number of nitrogen functional groups attached to an aromatic ring is 1. The predicted octanol–water partition coefficient (Wildman–Crippen LogP) is 1.39. The van der Waals surface area contributed by atoms with Crippen molar-refractivity contribution in [2.24, 2.45) is 0 Å². The topological polar surface area (TPSA) is 80.0 Å². The number of hydrogen-bond donors (Lipinski definition) is 3. The van der Waals surface area contributed by atoms with Crippen molar-refractivity contribution in [3.8, 4) is 0 Å². The molecule has 4 N–H and O–H groups in total. The molecule has 0 spiro atoms. The van der Waals surface area contributed by atoms with E-state index < -0.39 is 25.0 Å². The maximum Gasteiger partial charge on any atom is 0.390 e. The van der Waals surface area contributed by atoms with Crippen LogP contribution < -0.4 is 16.4 Å². The molecule has 0 atom stereocenters. The average Bonchev–Trinajstić information content (AvgIpc) is 2.27. The van der Waals surface area contributed by atoms with E-state index in [0.717, 1.165) is 0 Å². The summed E-state index contributed by atoms with van der Waals surface area (Å²) in [5.74, 6) is -0.353. The first kappa shape index (κ1) is 14.1. The second kappa shape index (κ2) is 5.56. The number of hydrogen-bond acceptors (Lipinski definition) is 4. The summed E-state index contributed by atoms with van der Waals surface area (Å²) in [5.41, 5.74) is 5.84. The highest BCUT2D eigenvalue weighted by Gasteiger charge is 2.26. The smallest absolute Gasteiger partial charge is 0.390 e. The SMILES string of the molecule is CNc1nccc(C(=O)NCCC(F)(F)F)c1N. The van der Waals surface area contributed by atoms with E-state index in [9.17, 15) is 18.0 Å². The molecule has 0 aromatic carbocycles. The van der Waals surface area contributed by atoms with Gasteiger partial charge >= 0.3 is 6.18 Å². The van der Waals surface area contributed by atoms with Gasteiger partial charge in [-0.25, -0.2) is 4.98 Å². The van der Waals surface area contributed by atoms with Crippen LogP contribution in [-0.2, 0) is 0 Å². The molecule has 5 nitrogen and oxygen atoms in total. The third-order valence-electron chi connectivity index (χ3n) is 2.17. The first-order valence-corrected chi connectivity index (χ1v) is 5.12. The van der Waals surface area contributed by atoms with Crippen molar-refractivity contribution in [3.05, 3.63) is 17.8 Å². The molecular formula is C10H13F3N4O. The van der Waals surface area contributed by atoms with Crippen LogP contribution in [-0.4, -0.2) is 30.7 Å². The molecule has 1 rings (SSSR count). The summed E-state index contributed by atoms with van der Waals surface area (Å²) < 4.78 is 35.7. The minimum atomic E-state index is -4.30. The molecule has 1 aromatic rings. The minimum Gasteiger partial charge on any atom is -0.395 e. The van der Waals surface area contributed by atoms with Crippen molar-refractivity contribution in [1.82, 2.24) is 10.3 Å². The van der Waals surface area contributed by atoms with Gasteiger partial charge in [0.05, 0.1) is 17.7 Å².